The average molecular weight is 2670 g/mol. The number of aromatic nitrogens is 6. The molecule has 3 radical (unpaired) electrons. The Labute approximate surface area is 898 Å². The smallest absolute Gasteiger partial charge is 0.493 e. The van der Waals surface area contributed by atoms with Crippen LogP contribution in [0.3, 0.4) is 0 Å². The number of aryl methyl sites for hydroxylation is 5. The number of anilines is 4. The Bertz CT molecular complexity index is 6990. The van der Waals surface area contributed by atoms with Crippen molar-refractivity contribution in [3.05, 3.63) is 427 Å². The van der Waals surface area contributed by atoms with Gasteiger partial charge in [-0.1, -0.05) is 192 Å². The van der Waals surface area contributed by atoms with E-state index >= 15 is 0 Å². The summed E-state index contributed by atoms with van der Waals surface area (Å²) < 4.78 is 4.02. The second-order valence-electron chi connectivity index (χ2n) is 37.0. The van der Waals surface area contributed by atoms with Gasteiger partial charge in [0.05, 0.1) is 36.6 Å². The van der Waals surface area contributed by atoms with E-state index in [4.69, 9.17) is 25.3 Å². The molecule has 0 bridgehead atoms. The molecule has 142 heavy (non-hydrogen) atoms. The number of para-hydroxylation sites is 4. The fourth-order valence-corrected chi connectivity index (χ4v) is 20.1. The van der Waals surface area contributed by atoms with E-state index in [2.05, 4.69) is 353 Å². The molecule has 2 aliphatic heterocycles. The first-order valence-corrected chi connectivity index (χ1v) is 57.4. The number of hydrogen-bond donors (Lipinski definition) is 3. The molecule has 0 amide bonds. The summed E-state index contributed by atoms with van der Waals surface area (Å²) in [6.07, 6.45) is 13.5. The molecule has 17 aromatic rings. The van der Waals surface area contributed by atoms with Crippen LogP contribution in [0.2, 0.25) is 36.9 Å². The Morgan fingerprint density at radius 3 is 1.58 bits per heavy atom. The van der Waals surface area contributed by atoms with Crippen molar-refractivity contribution >= 4 is 114 Å². The molecule has 5 aromatic heterocycles. The molecule has 14 nitrogen and oxygen atoms in total. The summed E-state index contributed by atoms with van der Waals surface area (Å²) >= 11 is -1.71. The van der Waals surface area contributed by atoms with E-state index in [1.54, 1.807) is 4.40 Å². The average Bonchev–Trinajstić information content (AvgIpc) is 1.02. The summed E-state index contributed by atoms with van der Waals surface area (Å²) in [7, 11) is -1.48. The van der Waals surface area contributed by atoms with Crippen molar-refractivity contribution in [1.29, 1.82) is 0 Å². The Morgan fingerprint density at radius 1 is 0.472 bits per heavy atom. The Morgan fingerprint density at radius 2 is 1.03 bits per heavy atom. The number of aliphatic hydroxyl groups is 3. The van der Waals surface area contributed by atoms with Gasteiger partial charge in [-0.3, -0.25) is 19.4 Å². The first-order chi connectivity index (χ1) is 65.9. The number of aliphatic hydroxyl groups excluding tert-OH is 3. The van der Waals surface area contributed by atoms with Gasteiger partial charge in [0.25, 0.3) is 0 Å². The van der Waals surface area contributed by atoms with Gasteiger partial charge in [0, 0.05) is 126 Å². The normalized spacial score (nSPS) is 11.5. The van der Waals surface area contributed by atoms with Crippen LogP contribution >= 0.6 is 0 Å². The Kier molecular flexibility index (Phi) is 45.8. The number of fused-ring (bicyclic) bond motifs is 11. The summed E-state index contributed by atoms with van der Waals surface area (Å²) in [6, 6.07) is 113. The zero-order valence-electron chi connectivity index (χ0n) is 84.6. The minimum Gasteiger partial charge on any atom is -0.493 e. The quantitative estimate of drug-likeness (QED) is 0.0247. The van der Waals surface area contributed by atoms with Crippen LogP contribution in [-0.2, 0) is 102 Å². The molecule has 0 unspecified atom stereocenters. The third-order valence-corrected chi connectivity index (χ3v) is 28.9. The molecule has 0 saturated carbocycles. The van der Waals surface area contributed by atoms with Crippen LogP contribution in [-0.4, -0.2) is 78.9 Å². The van der Waals surface area contributed by atoms with E-state index in [-0.39, 0.29) is 116 Å². The van der Waals surface area contributed by atoms with Gasteiger partial charge in [-0.25, -0.2) is 0 Å². The molecule has 12 aromatic carbocycles. The zero-order chi connectivity index (χ0) is 99.5. The van der Waals surface area contributed by atoms with E-state index in [9.17, 15) is 14.4 Å². The van der Waals surface area contributed by atoms with E-state index in [1.807, 2.05) is 123 Å². The first-order valence-electron chi connectivity index (χ1n) is 46.5. The standard InChI is InChI=1S/C23H26N.C20H20NSi.C19H14N2.C17H11N2.C16H20GeN.C12H10N.3C5H8O2.3Ir.Pt/c1-14(2)18-12-21(15(3)4)20-7-8-24-23(22(20)13-18)19-10-16(5)9-17(6)11-19;1-22(2,3)20-14-19(17-12-8-5-9-13-17)21-15-18(20)16-10-6-4-7-11-16;1-3-9-16(10-4-1)20-15-21(17-11-5-2-6-12-17)19-14-8-7-13-18(19)20;1-11-10-18-16-14-8-4-2-6-12(14)13-7-3-5-9-15(13)17(16)19-11;1-12-6-5-7-14-15(12)11-18-10-13(17(2,3)4)8-9-16(14)18;1-10-6-5-9-13-12(10)11-7-3-2-4-8-11;3*1-4(6)3-5(2)7;;;;/h7-10,12-15H,1-6H3;4-12,14-15H,1-3H3;1-11,13-15H;2-7,9-10H,1H3;5-10H,11H2,1-4H3;2-7,9H,1H3;3*3,6H,1-2H3;;;;/q2*-1;-2;-1;+1;-1;;;;;;;+2. The number of rotatable bonds is 13. The molecule has 20 heteroatoms. The van der Waals surface area contributed by atoms with Gasteiger partial charge in [-0.15, -0.1) is 149 Å². The van der Waals surface area contributed by atoms with Crippen molar-refractivity contribution in [3.8, 4) is 56.2 Å². The number of carbonyl (C=O) groups is 3. The van der Waals surface area contributed by atoms with E-state index in [1.165, 1.54) is 154 Å². The third kappa shape index (κ3) is 32.8. The van der Waals surface area contributed by atoms with Gasteiger partial charge < -0.3 is 45.1 Å². The fourth-order valence-electron chi connectivity index (χ4n) is 16.1. The van der Waals surface area contributed by atoms with Crippen LogP contribution in [0.5, 0.6) is 0 Å². The molecule has 737 valence electrons. The molecule has 3 N–H and O–H groups in total. The second-order valence-corrected chi connectivity index (χ2v) is 52.7. The van der Waals surface area contributed by atoms with Crippen molar-refractivity contribution in [2.24, 2.45) is 0 Å². The van der Waals surface area contributed by atoms with Crippen LogP contribution in [0.4, 0.5) is 22.7 Å². The zero-order valence-corrected chi connectivity index (χ0v) is 97.1. The second kappa shape index (κ2) is 55.6. The van der Waals surface area contributed by atoms with Crippen LogP contribution in [0.15, 0.2) is 346 Å². The molecule has 0 atom stereocenters. The number of benzene rings is 12. The van der Waals surface area contributed by atoms with Crippen LogP contribution in [0, 0.1) is 71.6 Å². The van der Waals surface area contributed by atoms with E-state index in [0.29, 0.717) is 11.8 Å². The summed E-state index contributed by atoms with van der Waals surface area (Å²) in [5.74, 6) is 8.17. The van der Waals surface area contributed by atoms with Crippen molar-refractivity contribution in [2.45, 2.75) is 159 Å². The Balaban J connectivity index is 0.000000222. The predicted molar refractivity (Wildman–Crippen MR) is 579 cm³/mol. The van der Waals surface area contributed by atoms with E-state index < -0.39 is 21.3 Å². The SMILES string of the molecule is CC(=O)C=C(C)O.CC(=O)C=C(C)O.CC(=O)C=C(C)O.C[Si](C)(C)c1cc(-c2[c-]cccc2)ncc1-c1ccccc1.Cc1[c-]c(-c2nccc3c(C(C)C)cc(C(C)C)cc23)cc(C)c1.Cc1cccc2c1C[n+]1c[c]([Ge]([CH3])([CH3])[CH3])ccc1-2.Cc1cccnc1-c1[c-]cccc1.Cc1cnc2c3[c-]cccc3c3ccccc3c2n1.[Ir].[Ir].[Ir].[Pt+2].[c-]1ccccc1N1[CH-]N(c2ccccc2)c2ccccc21. The topological polar surface area (TPSA) is 187 Å². The first kappa shape index (κ1) is 117. The largest absolute Gasteiger partial charge is 2.00 e. The van der Waals surface area contributed by atoms with Crippen LogP contribution < -0.4 is 23.9 Å². The van der Waals surface area contributed by atoms with Gasteiger partial charge in [0.2, 0.25) is 0 Å². The van der Waals surface area contributed by atoms with Gasteiger partial charge >= 0.3 is 133 Å². The van der Waals surface area contributed by atoms with Gasteiger partial charge in [0.15, 0.2) is 17.3 Å². The minimum absolute atomic E-state index is 0. The van der Waals surface area contributed by atoms with Gasteiger partial charge in [-0.05, 0) is 159 Å². The number of pyridine rings is 4. The summed E-state index contributed by atoms with van der Waals surface area (Å²) in [5.41, 5.74) is 28.3. The number of carbonyl (C=O) groups excluding carboxylic acids is 3. The van der Waals surface area contributed by atoms with Crippen LogP contribution in [0.1, 0.15) is 126 Å². The summed E-state index contributed by atoms with van der Waals surface area (Å²) in [5, 5.41) is 33.7. The van der Waals surface area contributed by atoms with Gasteiger partial charge in [-0.2, -0.15) is 30.3 Å². The molecular weight excluding hydrogens is 2550 g/mol. The van der Waals surface area contributed by atoms with Crippen molar-refractivity contribution in [3.63, 3.8) is 0 Å². The maximum atomic E-state index is 10.0. The third-order valence-electron chi connectivity index (χ3n) is 22.6. The molecule has 19 rings (SSSR count). The van der Waals surface area contributed by atoms with Crippen LogP contribution in [0.25, 0.3) is 99.5 Å². The number of hydrogen-bond acceptors (Lipinski definition) is 13. The maximum absolute atomic E-state index is 10.0. The van der Waals surface area contributed by atoms with Crippen molar-refractivity contribution in [2.75, 3.05) is 9.80 Å². The van der Waals surface area contributed by atoms with E-state index in [0.717, 1.165) is 84.8 Å². The summed E-state index contributed by atoms with van der Waals surface area (Å²) in [6.45, 7) is 38.4. The predicted octanol–water partition coefficient (Wildman–Crippen LogP) is 29.1. The number of ketones is 3. The summed E-state index contributed by atoms with van der Waals surface area (Å²) in [4.78, 5) is 57.4. The minimum atomic E-state index is -1.71. The number of nitrogens with zero attached hydrogens (tertiary/aromatic N) is 8. The fraction of sp³-hybridized carbons (Fsp3) is 0.197. The van der Waals surface area contributed by atoms with Crippen molar-refractivity contribution in [1.82, 2.24) is 24.9 Å². The molecule has 0 aliphatic carbocycles. The maximum Gasteiger partial charge on any atom is 2.00 e. The molecule has 7 heterocycles. The van der Waals surface area contributed by atoms with Gasteiger partial charge in [0.1, 0.15) is 0 Å². The molecule has 2 aliphatic rings. The number of allylic oxidation sites excluding steroid dienone is 6. The monoisotopic (exact) mass is 2670 g/mol. The van der Waals surface area contributed by atoms with Crippen molar-refractivity contribution < 1.29 is 116 Å². The molecule has 0 spiro atoms. The molecule has 0 fully saturated rings. The Hall–Kier alpha value is -12.0. The molecule has 0 saturated heterocycles. The molecular formula is C122H125GeIr3N8O6PtSi-3.